The Hall–Kier alpha value is -1.33. The number of hydrogen-bond acceptors (Lipinski definition) is 2. The van der Waals surface area contributed by atoms with Crippen LogP contribution in [0.1, 0.15) is 23.2 Å². The number of rotatable bonds is 2. The van der Waals surface area contributed by atoms with Gasteiger partial charge in [-0.2, -0.15) is 0 Å². The van der Waals surface area contributed by atoms with Gasteiger partial charge in [0, 0.05) is 47.1 Å². The van der Waals surface area contributed by atoms with Crippen molar-refractivity contribution in [2.45, 2.75) is 18.9 Å². The molecule has 0 spiro atoms. The van der Waals surface area contributed by atoms with Crippen LogP contribution in [0.4, 0.5) is 0 Å². The van der Waals surface area contributed by atoms with Crippen molar-refractivity contribution in [1.29, 1.82) is 0 Å². The van der Waals surface area contributed by atoms with Crippen molar-refractivity contribution in [3.8, 4) is 0 Å². The van der Waals surface area contributed by atoms with Gasteiger partial charge in [-0.1, -0.05) is 0 Å². The topological polar surface area (TPSA) is 36.8 Å². The van der Waals surface area contributed by atoms with E-state index in [0.29, 0.717) is 6.04 Å². The summed E-state index contributed by atoms with van der Waals surface area (Å²) in [5.74, 6) is 0.815. The molecule has 110 valence electrons. The maximum atomic E-state index is 12.4. The van der Waals surface area contributed by atoms with Gasteiger partial charge in [0.1, 0.15) is 0 Å². The lowest BCUT2D eigenvalue weighted by atomic mass is 9.96. The number of fused-ring (bicyclic) bond motifs is 3. The summed E-state index contributed by atoms with van der Waals surface area (Å²) in [5, 5.41) is 3.21. The van der Waals surface area contributed by atoms with Gasteiger partial charge >= 0.3 is 0 Å². The van der Waals surface area contributed by atoms with E-state index in [1.807, 2.05) is 35.0 Å². The molecule has 4 nitrogen and oxygen atoms in total. The molecule has 1 N–H and O–H groups in total. The second-order valence-electron chi connectivity index (χ2n) is 6.23. The van der Waals surface area contributed by atoms with Crippen molar-refractivity contribution in [2.24, 2.45) is 5.92 Å². The second kappa shape index (κ2) is 5.14. The zero-order valence-electron chi connectivity index (χ0n) is 11.8. The van der Waals surface area contributed by atoms with E-state index in [2.05, 4.69) is 26.1 Å². The van der Waals surface area contributed by atoms with Crippen LogP contribution in [-0.2, 0) is 0 Å². The second-order valence-corrected chi connectivity index (χ2v) is 7.14. The Morgan fingerprint density at radius 1 is 1.33 bits per heavy atom. The molecule has 1 unspecified atom stereocenters. The van der Waals surface area contributed by atoms with Gasteiger partial charge in [-0.25, -0.2) is 0 Å². The van der Waals surface area contributed by atoms with E-state index >= 15 is 0 Å². The molecule has 3 atom stereocenters. The van der Waals surface area contributed by atoms with Crippen LogP contribution >= 0.6 is 15.9 Å². The zero-order chi connectivity index (χ0) is 14.4. The molecule has 2 aromatic rings. The molecule has 21 heavy (non-hydrogen) atoms. The van der Waals surface area contributed by atoms with E-state index < -0.39 is 0 Å². The van der Waals surface area contributed by atoms with Crippen molar-refractivity contribution in [3.05, 3.63) is 40.6 Å². The number of hydrogen-bond donors (Lipinski definition) is 1. The van der Waals surface area contributed by atoms with Crippen LogP contribution in [0, 0.1) is 5.92 Å². The Kier molecular flexibility index (Phi) is 3.27. The van der Waals surface area contributed by atoms with Gasteiger partial charge in [0.25, 0.3) is 5.91 Å². The van der Waals surface area contributed by atoms with Crippen LogP contribution in [0.5, 0.6) is 0 Å². The van der Waals surface area contributed by atoms with Crippen molar-refractivity contribution >= 4 is 27.4 Å². The molecule has 0 radical (unpaired) electrons. The van der Waals surface area contributed by atoms with Crippen LogP contribution in [0.3, 0.4) is 0 Å². The molecule has 2 bridgehead atoms. The van der Waals surface area contributed by atoms with Crippen LogP contribution < -0.4 is 5.32 Å². The van der Waals surface area contributed by atoms with Gasteiger partial charge in [-0.3, -0.25) is 4.79 Å². The first-order valence-electron chi connectivity index (χ1n) is 7.48. The number of nitrogens with zero attached hydrogens (tertiary/aromatic N) is 2. The summed E-state index contributed by atoms with van der Waals surface area (Å²) in [7, 11) is 0. The van der Waals surface area contributed by atoms with Gasteiger partial charge in [-0.15, -0.1) is 0 Å². The van der Waals surface area contributed by atoms with Crippen molar-refractivity contribution < 1.29 is 4.79 Å². The third kappa shape index (κ3) is 2.60. The fourth-order valence-corrected chi connectivity index (χ4v) is 4.10. The molecular weight excluding hydrogens is 330 g/mol. The predicted octanol–water partition coefficient (Wildman–Crippen LogP) is 2.53. The van der Waals surface area contributed by atoms with E-state index in [9.17, 15) is 4.79 Å². The SMILES string of the molecule is O=C(N[C@@H]1C[C@@H]2CCN(C2)C1)c1ccn2cc(Br)cc2c1. The van der Waals surface area contributed by atoms with E-state index in [4.69, 9.17) is 0 Å². The molecule has 2 saturated heterocycles. The summed E-state index contributed by atoms with van der Waals surface area (Å²) in [4.78, 5) is 14.9. The molecule has 4 heterocycles. The lowest BCUT2D eigenvalue weighted by molar-refractivity contribution is 0.0909. The van der Waals surface area contributed by atoms with E-state index in [-0.39, 0.29) is 5.91 Å². The summed E-state index contributed by atoms with van der Waals surface area (Å²) in [5.41, 5.74) is 1.77. The standard InChI is InChI=1S/C16H18BrN3O/c17-13-7-15-6-12(2-4-20(15)9-13)16(21)18-14-5-11-1-3-19(8-11)10-14/h2,4,6-7,9,11,14H,1,3,5,8,10H2,(H,18,21)/t11-,14+/m0/s1. The zero-order valence-corrected chi connectivity index (χ0v) is 13.3. The lowest BCUT2D eigenvalue weighted by Gasteiger charge is -2.30. The van der Waals surface area contributed by atoms with Crippen molar-refractivity contribution in [2.75, 3.05) is 19.6 Å². The lowest BCUT2D eigenvalue weighted by Crippen LogP contribution is -2.47. The minimum atomic E-state index is 0.0438. The summed E-state index contributed by atoms with van der Waals surface area (Å²) < 4.78 is 3.03. The Labute approximate surface area is 132 Å². The first-order valence-corrected chi connectivity index (χ1v) is 8.27. The summed E-state index contributed by atoms with van der Waals surface area (Å²) in [6, 6.07) is 6.14. The first-order chi connectivity index (χ1) is 10.2. The van der Waals surface area contributed by atoms with Crippen LogP contribution in [0.2, 0.25) is 0 Å². The smallest absolute Gasteiger partial charge is 0.251 e. The number of amides is 1. The molecule has 0 aromatic carbocycles. The fraction of sp³-hybridized carbons (Fsp3) is 0.438. The van der Waals surface area contributed by atoms with E-state index in [1.54, 1.807) is 0 Å². The Morgan fingerprint density at radius 2 is 2.24 bits per heavy atom. The molecule has 2 fully saturated rings. The number of carbonyl (C=O) groups is 1. The Bertz CT molecular complexity index is 684. The number of piperidine rings is 1. The number of halogens is 1. The molecule has 0 saturated carbocycles. The molecule has 1 amide bonds. The summed E-state index contributed by atoms with van der Waals surface area (Å²) in [6.45, 7) is 3.42. The number of carbonyl (C=O) groups excluding carboxylic acids is 1. The molecule has 2 aromatic heterocycles. The molecular formula is C16H18BrN3O. The molecule has 4 rings (SSSR count). The minimum Gasteiger partial charge on any atom is -0.348 e. The van der Waals surface area contributed by atoms with Gasteiger partial charge in [0.15, 0.2) is 0 Å². The number of pyridine rings is 1. The van der Waals surface area contributed by atoms with Gasteiger partial charge in [0.2, 0.25) is 0 Å². The highest BCUT2D eigenvalue weighted by Gasteiger charge is 2.32. The largest absolute Gasteiger partial charge is 0.348 e. The highest BCUT2D eigenvalue weighted by Crippen LogP contribution is 2.27. The first kappa shape index (κ1) is 13.3. The van der Waals surface area contributed by atoms with E-state index in [1.165, 1.54) is 19.5 Å². The maximum absolute atomic E-state index is 12.4. The third-order valence-corrected chi connectivity index (χ3v) is 5.06. The van der Waals surface area contributed by atoms with Crippen molar-refractivity contribution in [3.63, 3.8) is 0 Å². The number of aromatic nitrogens is 1. The summed E-state index contributed by atoms with van der Waals surface area (Å²) in [6.07, 6.45) is 6.34. The van der Waals surface area contributed by atoms with Gasteiger partial charge in [0.05, 0.1) is 0 Å². The average molecular weight is 348 g/mol. The van der Waals surface area contributed by atoms with E-state index in [0.717, 1.165) is 34.4 Å². The van der Waals surface area contributed by atoms with Crippen molar-refractivity contribution in [1.82, 2.24) is 14.6 Å². The van der Waals surface area contributed by atoms with Gasteiger partial charge in [-0.05, 0) is 59.4 Å². The molecule has 5 heteroatoms. The Morgan fingerprint density at radius 3 is 3.10 bits per heavy atom. The average Bonchev–Trinajstić information content (AvgIpc) is 2.99. The quantitative estimate of drug-likeness (QED) is 0.906. The normalized spacial score (nSPS) is 28.0. The third-order valence-electron chi connectivity index (χ3n) is 4.63. The van der Waals surface area contributed by atoms with Crippen LogP contribution in [0.25, 0.3) is 5.52 Å². The summed E-state index contributed by atoms with van der Waals surface area (Å²) >= 11 is 3.46. The van der Waals surface area contributed by atoms with Gasteiger partial charge < -0.3 is 14.6 Å². The predicted molar refractivity (Wildman–Crippen MR) is 85.5 cm³/mol. The molecule has 2 aliphatic rings. The van der Waals surface area contributed by atoms with Crippen LogP contribution in [-0.4, -0.2) is 40.9 Å². The fourth-order valence-electron chi connectivity index (χ4n) is 3.65. The Balaban J connectivity index is 1.50. The molecule has 2 aliphatic heterocycles. The monoisotopic (exact) mass is 347 g/mol. The highest BCUT2D eigenvalue weighted by atomic mass is 79.9. The van der Waals surface area contributed by atoms with Crippen LogP contribution in [0.15, 0.2) is 35.1 Å². The molecule has 0 aliphatic carbocycles. The maximum Gasteiger partial charge on any atom is 0.251 e. The minimum absolute atomic E-state index is 0.0438. The number of nitrogens with one attached hydrogen (secondary N) is 1. The highest BCUT2D eigenvalue weighted by molar-refractivity contribution is 9.10.